The van der Waals surface area contributed by atoms with Crippen molar-refractivity contribution in [2.75, 3.05) is 32.7 Å². The van der Waals surface area contributed by atoms with Crippen molar-refractivity contribution >= 4 is 17.2 Å². The average molecular weight is 281 g/mol. The minimum Gasteiger partial charge on any atom is -0.389 e. The Morgan fingerprint density at radius 3 is 2.42 bits per heavy atom. The zero-order valence-corrected chi connectivity index (χ0v) is 12.0. The van der Waals surface area contributed by atoms with Crippen molar-refractivity contribution in [3.8, 4) is 0 Å². The van der Waals surface area contributed by atoms with E-state index in [1.54, 1.807) is 6.07 Å². The first-order chi connectivity index (χ1) is 9.08. The molecule has 0 radical (unpaired) electrons. The van der Waals surface area contributed by atoms with Gasteiger partial charge in [-0.15, -0.1) is 0 Å². The first-order valence-electron chi connectivity index (χ1n) is 6.62. The van der Waals surface area contributed by atoms with Gasteiger partial charge in [0.2, 0.25) is 0 Å². The fourth-order valence-corrected chi connectivity index (χ4v) is 2.52. The molecular formula is C14H20FN3S. The predicted octanol–water partition coefficient (Wildman–Crippen LogP) is 1.60. The van der Waals surface area contributed by atoms with Crippen LogP contribution in [0.1, 0.15) is 18.1 Å². The zero-order valence-electron chi connectivity index (χ0n) is 11.2. The molecule has 1 aromatic rings. The number of hydrogen-bond donors (Lipinski definition) is 1. The van der Waals surface area contributed by atoms with Crippen molar-refractivity contribution in [2.24, 2.45) is 5.73 Å². The Morgan fingerprint density at radius 1 is 1.21 bits per heavy atom. The summed E-state index contributed by atoms with van der Waals surface area (Å²) in [6, 6.07) is 4.84. The van der Waals surface area contributed by atoms with E-state index in [0.29, 0.717) is 5.56 Å². The van der Waals surface area contributed by atoms with E-state index in [4.69, 9.17) is 18.0 Å². The quantitative estimate of drug-likeness (QED) is 0.850. The normalized spacial score (nSPS) is 17.6. The third-order valence-electron chi connectivity index (χ3n) is 3.56. The molecule has 1 saturated heterocycles. The molecule has 0 amide bonds. The molecule has 5 heteroatoms. The number of likely N-dealkylation sites (N-methyl/N-ethyl adjacent to an activating group) is 1. The van der Waals surface area contributed by atoms with Crippen molar-refractivity contribution < 1.29 is 4.39 Å². The molecule has 1 aliphatic heterocycles. The minimum absolute atomic E-state index is 0.247. The van der Waals surface area contributed by atoms with E-state index < -0.39 is 0 Å². The van der Waals surface area contributed by atoms with E-state index in [1.807, 2.05) is 6.07 Å². The molecule has 1 aliphatic rings. The van der Waals surface area contributed by atoms with Gasteiger partial charge in [-0.1, -0.05) is 19.1 Å². The van der Waals surface area contributed by atoms with Crippen LogP contribution in [0, 0.1) is 5.82 Å². The highest BCUT2D eigenvalue weighted by Crippen LogP contribution is 2.13. The third-order valence-corrected chi connectivity index (χ3v) is 3.80. The maximum atomic E-state index is 13.5. The molecule has 0 spiro atoms. The Kier molecular flexibility index (Phi) is 4.85. The molecule has 0 saturated carbocycles. The second kappa shape index (κ2) is 6.41. The standard InChI is InChI=1S/C14H20FN3S/c1-2-17-3-5-18(6-4-17)10-11-7-12(14(16)19)9-13(15)8-11/h7-9H,2-6,10H2,1H3,(H2,16,19). The molecule has 0 bridgehead atoms. The summed E-state index contributed by atoms with van der Waals surface area (Å²) in [5.41, 5.74) is 7.11. The highest BCUT2D eigenvalue weighted by atomic mass is 32.1. The predicted molar refractivity (Wildman–Crippen MR) is 79.7 cm³/mol. The second-order valence-corrected chi connectivity index (χ2v) is 5.36. The average Bonchev–Trinajstić information content (AvgIpc) is 2.39. The van der Waals surface area contributed by atoms with Crippen LogP contribution in [0.15, 0.2) is 18.2 Å². The number of rotatable bonds is 4. The molecule has 2 rings (SSSR count). The second-order valence-electron chi connectivity index (χ2n) is 4.92. The maximum absolute atomic E-state index is 13.5. The van der Waals surface area contributed by atoms with Gasteiger partial charge in [0.05, 0.1) is 0 Å². The van der Waals surface area contributed by atoms with Crippen LogP contribution in [0.4, 0.5) is 4.39 Å². The van der Waals surface area contributed by atoms with Crippen LogP contribution in [0.3, 0.4) is 0 Å². The molecule has 0 aliphatic carbocycles. The summed E-state index contributed by atoms with van der Waals surface area (Å²) in [7, 11) is 0. The van der Waals surface area contributed by atoms with Crippen LogP contribution in [-0.2, 0) is 6.54 Å². The summed E-state index contributed by atoms with van der Waals surface area (Å²) in [5.74, 6) is -0.271. The molecule has 1 heterocycles. The van der Waals surface area contributed by atoms with Crippen LogP contribution < -0.4 is 5.73 Å². The Balaban J connectivity index is 2.01. The van der Waals surface area contributed by atoms with Crippen molar-refractivity contribution in [1.29, 1.82) is 0 Å². The largest absolute Gasteiger partial charge is 0.389 e. The summed E-state index contributed by atoms with van der Waals surface area (Å²) in [6.07, 6.45) is 0. The summed E-state index contributed by atoms with van der Waals surface area (Å²) >= 11 is 4.91. The highest BCUT2D eigenvalue weighted by Gasteiger charge is 2.16. The Bertz CT molecular complexity index is 456. The van der Waals surface area contributed by atoms with E-state index in [2.05, 4.69) is 16.7 Å². The molecule has 19 heavy (non-hydrogen) atoms. The molecule has 1 fully saturated rings. The number of hydrogen-bond acceptors (Lipinski definition) is 3. The topological polar surface area (TPSA) is 32.5 Å². The highest BCUT2D eigenvalue weighted by molar-refractivity contribution is 7.80. The van der Waals surface area contributed by atoms with E-state index in [9.17, 15) is 4.39 Å². The number of piperazine rings is 1. The molecule has 3 nitrogen and oxygen atoms in total. The molecule has 104 valence electrons. The lowest BCUT2D eigenvalue weighted by atomic mass is 10.1. The minimum atomic E-state index is -0.271. The number of halogens is 1. The van der Waals surface area contributed by atoms with Gasteiger partial charge >= 0.3 is 0 Å². The molecule has 1 aromatic carbocycles. The first-order valence-corrected chi connectivity index (χ1v) is 7.03. The molecule has 0 atom stereocenters. The van der Waals surface area contributed by atoms with E-state index in [-0.39, 0.29) is 10.8 Å². The van der Waals surface area contributed by atoms with Crippen LogP contribution in [0.2, 0.25) is 0 Å². The van der Waals surface area contributed by atoms with Gasteiger partial charge in [-0.05, 0) is 30.3 Å². The van der Waals surface area contributed by atoms with Gasteiger partial charge in [0.15, 0.2) is 0 Å². The number of thiocarbonyl (C=S) groups is 1. The lowest BCUT2D eigenvalue weighted by Gasteiger charge is -2.34. The zero-order chi connectivity index (χ0) is 13.8. The number of benzene rings is 1. The van der Waals surface area contributed by atoms with Gasteiger partial charge in [-0.2, -0.15) is 0 Å². The number of nitrogens with two attached hydrogens (primary N) is 1. The van der Waals surface area contributed by atoms with Crippen molar-refractivity contribution in [1.82, 2.24) is 9.80 Å². The van der Waals surface area contributed by atoms with E-state index >= 15 is 0 Å². The van der Waals surface area contributed by atoms with E-state index in [0.717, 1.165) is 44.8 Å². The molecule has 0 unspecified atom stereocenters. The van der Waals surface area contributed by atoms with Gasteiger partial charge in [-0.25, -0.2) is 4.39 Å². The Morgan fingerprint density at radius 2 is 1.84 bits per heavy atom. The fraction of sp³-hybridized carbons (Fsp3) is 0.500. The maximum Gasteiger partial charge on any atom is 0.124 e. The summed E-state index contributed by atoms with van der Waals surface area (Å²) in [6.45, 7) is 8.22. The molecule has 0 aromatic heterocycles. The van der Waals surface area contributed by atoms with Gasteiger partial charge < -0.3 is 10.6 Å². The van der Waals surface area contributed by atoms with E-state index in [1.165, 1.54) is 6.07 Å². The Hall–Kier alpha value is -1.04. The lowest BCUT2D eigenvalue weighted by molar-refractivity contribution is 0.132. The monoisotopic (exact) mass is 281 g/mol. The molecular weight excluding hydrogens is 261 g/mol. The van der Waals surface area contributed by atoms with Crippen molar-refractivity contribution in [2.45, 2.75) is 13.5 Å². The van der Waals surface area contributed by atoms with Crippen LogP contribution in [0.25, 0.3) is 0 Å². The summed E-state index contributed by atoms with van der Waals surface area (Å²) < 4.78 is 13.5. The van der Waals surface area contributed by atoms with Crippen LogP contribution >= 0.6 is 12.2 Å². The summed E-state index contributed by atoms with van der Waals surface area (Å²) in [4.78, 5) is 5.00. The SMILES string of the molecule is CCN1CCN(Cc2cc(F)cc(C(N)=S)c2)CC1. The summed E-state index contributed by atoms with van der Waals surface area (Å²) in [5, 5.41) is 0. The first kappa shape index (κ1) is 14.4. The van der Waals surface area contributed by atoms with Crippen molar-refractivity contribution in [3.63, 3.8) is 0 Å². The van der Waals surface area contributed by atoms with Gasteiger partial charge in [0.25, 0.3) is 0 Å². The van der Waals surface area contributed by atoms with Crippen LogP contribution in [0.5, 0.6) is 0 Å². The van der Waals surface area contributed by atoms with Crippen LogP contribution in [-0.4, -0.2) is 47.5 Å². The lowest BCUT2D eigenvalue weighted by Crippen LogP contribution is -2.45. The van der Waals surface area contributed by atoms with Gasteiger partial charge in [0, 0.05) is 38.3 Å². The van der Waals surface area contributed by atoms with Gasteiger partial charge in [0.1, 0.15) is 10.8 Å². The number of nitrogens with zero attached hydrogens (tertiary/aromatic N) is 2. The fourth-order valence-electron chi connectivity index (χ4n) is 2.41. The third kappa shape index (κ3) is 3.96. The smallest absolute Gasteiger partial charge is 0.124 e. The van der Waals surface area contributed by atoms with Crippen molar-refractivity contribution in [3.05, 3.63) is 35.1 Å². The molecule has 2 N–H and O–H groups in total. The Labute approximate surface area is 119 Å². The van der Waals surface area contributed by atoms with Gasteiger partial charge in [-0.3, -0.25) is 4.90 Å².